The normalized spacial score (nSPS) is 20.7. The molecule has 2 heterocycles. The van der Waals surface area contributed by atoms with Crippen LogP contribution in [0.3, 0.4) is 0 Å². The van der Waals surface area contributed by atoms with Crippen LogP contribution in [0, 0.1) is 0 Å². The van der Waals surface area contributed by atoms with Crippen LogP contribution in [0.25, 0.3) is 10.9 Å². The lowest BCUT2D eigenvalue weighted by atomic mass is 10.2. The van der Waals surface area contributed by atoms with E-state index < -0.39 is 27.1 Å². The third-order valence-electron chi connectivity index (χ3n) is 3.72. The van der Waals surface area contributed by atoms with Crippen molar-refractivity contribution in [2.75, 3.05) is 18.6 Å². The van der Waals surface area contributed by atoms with Crippen LogP contribution in [0.4, 0.5) is 0 Å². The zero-order valence-corrected chi connectivity index (χ0v) is 12.1. The van der Waals surface area contributed by atoms with E-state index in [1.54, 1.807) is 18.2 Å². The van der Waals surface area contributed by atoms with Crippen LogP contribution in [-0.4, -0.2) is 36.6 Å². The minimum Gasteiger partial charge on any atom is -0.495 e. The van der Waals surface area contributed by atoms with Gasteiger partial charge in [0, 0.05) is 0 Å². The first kappa shape index (κ1) is 13.9. The molecule has 1 saturated heterocycles. The topological polar surface area (TPSA) is 98.2 Å². The fraction of sp³-hybridized carbons (Fsp3) is 0.385. The molecule has 1 aliphatic heterocycles. The molecule has 0 amide bonds. The smallest absolute Gasteiger partial charge is 0.329 e. The molecule has 1 aromatic carbocycles. The number of H-pyrrole nitrogens is 1. The summed E-state index contributed by atoms with van der Waals surface area (Å²) in [5.74, 6) is 0.221. The number of para-hydroxylation sites is 1. The third-order valence-corrected chi connectivity index (χ3v) is 5.47. The molecule has 0 saturated carbocycles. The first-order chi connectivity index (χ1) is 9.93. The van der Waals surface area contributed by atoms with Gasteiger partial charge in [-0.15, -0.1) is 0 Å². The molecule has 3 rings (SSSR count). The average Bonchev–Trinajstić information content (AvgIpc) is 2.78. The molecule has 1 N–H and O–H groups in total. The zero-order valence-electron chi connectivity index (χ0n) is 11.3. The molecular weight excluding hydrogens is 296 g/mol. The zero-order chi connectivity index (χ0) is 15.2. The molecule has 112 valence electrons. The summed E-state index contributed by atoms with van der Waals surface area (Å²) in [5.41, 5.74) is -0.777. The van der Waals surface area contributed by atoms with E-state index in [-0.39, 0.29) is 17.9 Å². The van der Waals surface area contributed by atoms with Crippen LogP contribution in [0.5, 0.6) is 5.75 Å². The minimum absolute atomic E-state index is 0.000303. The lowest BCUT2D eigenvalue weighted by Gasteiger charge is -2.12. The van der Waals surface area contributed by atoms with E-state index in [1.165, 1.54) is 7.11 Å². The van der Waals surface area contributed by atoms with Gasteiger partial charge in [-0.05, 0) is 18.6 Å². The van der Waals surface area contributed by atoms with Crippen LogP contribution in [-0.2, 0) is 9.84 Å². The summed E-state index contributed by atoms with van der Waals surface area (Å²) in [4.78, 5) is 27.3. The van der Waals surface area contributed by atoms with Crippen molar-refractivity contribution in [1.29, 1.82) is 0 Å². The van der Waals surface area contributed by atoms with Gasteiger partial charge in [-0.1, -0.05) is 6.07 Å². The van der Waals surface area contributed by atoms with E-state index in [9.17, 15) is 18.0 Å². The molecule has 0 radical (unpaired) electrons. The van der Waals surface area contributed by atoms with E-state index in [4.69, 9.17) is 4.74 Å². The second kappa shape index (κ2) is 4.73. The Morgan fingerprint density at radius 1 is 1.33 bits per heavy atom. The van der Waals surface area contributed by atoms with E-state index >= 15 is 0 Å². The summed E-state index contributed by atoms with van der Waals surface area (Å²) >= 11 is 0. The first-order valence-electron chi connectivity index (χ1n) is 6.45. The predicted molar refractivity (Wildman–Crippen MR) is 77.7 cm³/mol. The fourth-order valence-corrected chi connectivity index (χ4v) is 4.41. The van der Waals surface area contributed by atoms with Gasteiger partial charge in [-0.3, -0.25) is 9.36 Å². The Kier molecular flexibility index (Phi) is 3.12. The summed E-state index contributed by atoms with van der Waals surface area (Å²) < 4.78 is 29.2. The molecule has 0 bridgehead atoms. The molecule has 2 aromatic rings. The second-order valence-corrected chi connectivity index (χ2v) is 7.27. The van der Waals surface area contributed by atoms with Crippen LogP contribution >= 0.6 is 0 Å². The number of nitrogens with one attached hydrogen (secondary N) is 1. The van der Waals surface area contributed by atoms with Gasteiger partial charge in [0.1, 0.15) is 5.75 Å². The van der Waals surface area contributed by atoms with Gasteiger partial charge in [-0.25, -0.2) is 13.2 Å². The van der Waals surface area contributed by atoms with Gasteiger partial charge in [0.2, 0.25) is 0 Å². The molecular formula is C13H14N2O5S. The van der Waals surface area contributed by atoms with Crippen LogP contribution in [0.1, 0.15) is 12.5 Å². The van der Waals surface area contributed by atoms with Crippen molar-refractivity contribution < 1.29 is 13.2 Å². The Labute approximate surface area is 120 Å². The van der Waals surface area contributed by atoms with Gasteiger partial charge in [0.25, 0.3) is 5.56 Å². The maximum Gasteiger partial charge on any atom is 0.329 e. The summed E-state index contributed by atoms with van der Waals surface area (Å²) in [6.45, 7) is 0. The lowest BCUT2D eigenvalue weighted by molar-refractivity contribution is 0.418. The van der Waals surface area contributed by atoms with E-state index in [1.807, 2.05) is 0 Å². The van der Waals surface area contributed by atoms with E-state index in [0.29, 0.717) is 16.7 Å². The summed E-state index contributed by atoms with van der Waals surface area (Å²) in [6.07, 6.45) is 0.279. The van der Waals surface area contributed by atoms with Crippen LogP contribution < -0.4 is 16.0 Å². The number of fused-ring (bicyclic) bond motifs is 1. The molecule has 7 nitrogen and oxygen atoms in total. The highest BCUT2D eigenvalue weighted by atomic mass is 32.2. The Balaban J connectivity index is 2.27. The number of methoxy groups -OCH3 is 1. The summed E-state index contributed by atoms with van der Waals surface area (Å²) in [5, 5.41) is 0.304. The number of aromatic amines is 1. The highest BCUT2D eigenvalue weighted by Crippen LogP contribution is 2.23. The highest BCUT2D eigenvalue weighted by Gasteiger charge is 2.31. The van der Waals surface area contributed by atoms with Crippen molar-refractivity contribution in [3.8, 4) is 5.75 Å². The third kappa shape index (κ3) is 2.25. The number of hydrogen-bond donors (Lipinski definition) is 1. The van der Waals surface area contributed by atoms with Gasteiger partial charge in [0.05, 0.1) is 35.6 Å². The van der Waals surface area contributed by atoms with Crippen LogP contribution in [0.2, 0.25) is 0 Å². The number of nitrogens with zero attached hydrogens (tertiary/aromatic N) is 1. The molecule has 1 atom stereocenters. The lowest BCUT2D eigenvalue weighted by Crippen LogP contribution is -2.38. The van der Waals surface area contributed by atoms with E-state index in [2.05, 4.69) is 4.98 Å². The number of rotatable bonds is 2. The van der Waals surface area contributed by atoms with Crippen molar-refractivity contribution in [3.05, 3.63) is 39.0 Å². The molecule has 1 aromatic heterocycles. The van der Waals surface area contributed by atoms with Crippen molar-refractivity contribution in [2.45, 2.75) is 12.5 Å². The molecule has 1 unspecified atom stereocenters. The number of ether oxygens (including phenoxy) is 1. The first-order valence-corrected chi connectivity index (χ1v) is 8.27. The maximum atomic E-state index is 12.5. The number of benzene rings is 1. The standard InChI is InChI=1S/C13H14N2O5S/c1-20-10-4-2-3-9-11(10)14-13(17)15(12(9)16)8-5-6-21(18,19)7-8/h2-4,8H,5-7H2,1H3,(H,14,17). The Morgan fingerprint density at radius 3 is 2.71 bits per heavy atom. The van der Waals surface area contributed by atoms with Crippen LogP contribution in [0.15, 0.2) is 27.8 Å². The molecule has 1 aliphatic rings. The van der Waals surface area contributed by atoms with Crippen molar-refractivity contribution in [1.82, 2.24) is 9.55 Å². The van der Waals surface area contributed by atoms with Gasteiger partial charge in [-0.2, -0.15) is 0 Å². The summed E-state index contributed by atoms with van der Waals surface area (Å²) in [7, 11) is -1.73. The fourth-order valence-electron chi connectivity index (χ4n) is 2.71. The Bertz CT molecular complexity index is 926. The average molecular weight is 310 g/mol. The molecule has 0 spiro atoms. The number of hydrogen-bond acceptors (Lipinski definition) is 5. The SMILES string of the molecule is COc1cccc2c(=O)n(C3CCS(=O)(=O)C3)c(=O)[nH]c12. The van der Waals surface area contributed by atoms with Gasteiger partial charge >= 0.3 is 5.69 Å². The molecule has 8 heteroatoms. The monoisotopic (exact) mass is 310 g/mol. The maximum absolute atomic E-state index is 12.5. The number of aromatic nitrogens is 2. The van der Waals surface area contributed by atoms with Crippen molar-refractivity contribution >= 4 is 20.7 Å². The predicted octanol–water partition coefficient (Wildman–Crippen LogP) is 0.0580. The quantitative estimate of drug-likeness (QED) is 0.845. The summed E-state index contributed by atoms with van der Waals surface area (Å²) in [6, 6.07) is 4.26. The molecule has 21 heavy (non-hydrogen) atoms. The minimum atomic E-state index is -3.18. The van der Waals surface area contributed by atoms with Crippen molar-refractivity contribution in [2.24, 2.45) is 0 Å². The van der Waals surface area contributed by atoms with E-state index in [0.717, 1.165) is 4.57 Å². The molecule has 0 aliphatic carbocycles. The highest BCUT2D eigenvalue weighted by molar-refractivity contribution is 7.91. The largest absolute Gasteiger partial charge is 0.495 e. The van der Waals surface area contributed by atoms with Crippen molar-refractivity contribution in [3.63, 3.8) is 0 Å². The Morgan fingerprint density at radius 2 is 2.10 bits per heavy atom. The molecule has 1 fully saturated rings. The second-order valence-electron chi connectivity index (χ2n) is 5.05. The number of sulfone groups is 1. The van der Waals surface area contributed by atoms with Gasteiger partial charge in [0.15, 0.2) is 9.84 Å². The Hall–Kier alpha value is -2.09. The van der Waals surface area contributed by atoms with Gasteiger partial charge < -0.3 is 9.72 Å².